The predicted octanol–water partition coefficient (Wildman–Crippen LogP) is 5.13. The van der Waals surface area contributed by atoms with Crippen molar-refractivity contribution in [1.29, 1.82) is 0 Å². The molecule has 1 spiro atoms. The third kappa shape index (κ3) is 3.15. The maximum atomic E-state index is 15.1. The standard InChI is InChI=1S/C39H56O6/c1-32(2)18-26-25-17-27(42)31-33(3,14-11-28-35(31,5)24-9-7-13-38(28,29(43)16-24)30(44)19-40)34(25,4)21-37(45)15-10-23-8-6-12-36(23,20-32)39(26,37)22-41/h7,9-10,15,17,23-24,26,28-31,40-41,43-45H,6,8,11-14,16,18-22H2,1-5H3. The van der Waals surface area contributed by atoms with E-state index in [1.807, 2.05) is 6.08 Å². The van der Waals surface area contributed by atoms with E-state index >= 15 is 4.79 Å². The first-order valence-electron chi connectivity index (χ1n) is 18.0. The normalized spacial score (nSPS) is 57.6. The van der Waals surface area contributed by atoms with Gasteiger partial charge in [0.25, 0.3) is 0 Å². The zero-order chi connectivity index (χ0) is 32.2. The minimum absolute atomic E-state index is 0.00966. The number of aliphatic hydroxyl groups is 5. The van der Waals surface area contributed by atoms with Crippen LogP contribution in [0.1, 0.15) is 98.8 Å². The van der Waals surface area contributed by atoms with Crippen molar-refractivity contribution < 1.29 is 30.3 Å². The number of allylic oxidation sites excluding steroid dienone is 5. The minimum atomic E-state index is -1.19. The van der Waals surface area contributed by atoms with E-state index in [-0.39, 0.29) is 46.9 Å². The molecular weight excluding hydrogens is 564 g/mol. The molecule has 5 saturated carbocycles. The maximum Gasteiger partial charge on any atom is 0.159 e. The van der Waals surface area contributed by atoms with E-state index in [4.69, 9.17) is 0 Å². The summed E-state index contributed by atoms with van der Waals surface area (Å²) in [7, 11) is 0. The predicted molar refractivity (Wildman–Crippen MR) is 172 cm³/mol. The fraction of sp³-hybridized carbons (Fsp3) is 0.821. The van der Waals surface area contributed by atoms with Gasteiger partial charge in [-0.1, -0.05) is 70.9 Å². The lowest BCUT2D eigenvalue weighted by molar-refractivity contribution is -0.283. The molecule has 0 amide bonds. The van der Waals surface area contributed by atoms with Crippen LogP contribution in [0.3, 0.4) is 0 Å². The highest BCUT2D eigenvalue weighted by molar-refractivity contribution is 5.96. The molecule has 0 radical (unpaired) electrons. The Balaban J connectivity index is 1.34. The largest absolute Gasteiger partial charge is 0.396 e. The Hall–Kier alpha value is -1.31. The van der Waals surface area contributed by atoms with E-state index in [9.17, 15) is 25.5 Å². The highest BCUT2D eigenvalue weighted by atomic mass is 16.3. The third-order valence-corrected chi connectivity index (χ3v) is 17.1. The molecule has 9 aliphatic rings. The summed E-state index contributed by atoms with van der Waals surface area (Å²) in [6.45, 7) is 11.1. The average Bonchev–Trinajstić information content (AvgIpc) is 3.21. The molecule has 9 aliphatic carbocycles. The number of carbonyl (C=O) groups excluding carboxylic acids is 1. The zero-order valence-corrected chi connectivity index (χ0v) is 28.1. The number of fused-ring (bicyclic) bond motifs is 6. The first-order chi connectivity index (χ1) is 21.1. The van der Waals surface area contributed by atoms with Gasteiger partial charge in [-0.3, -0.25) is 4.79 Å². The van der Waals surface area contributed by atoms with Crippen molar-refractivity contribution >= 4 is 5.78 Å². The molecule has 248 valence electrons. The molecule has 0 aromatic carbocycles. The summed E-state index contributed by atoms with van der Waals surface area (Å²) < 4.78 is 0. The Kier molecular flexibility index (Phi) is 6.21. The van der Waals surface area contributed by atoms with Gasteiger partial charge < -0.3 is 25.5 Å². The Bertz CT molecular complexity index is 1410. The van der Waals surface area contributed by atoms with Crippen molar-refractivity contribution in [3.8, 4) is 0 Å². The number of ketones is 1. The van der Waals surface area contributed by atoms with Gasteiger partial charge in [0.05, 0.1) is 31.0 Å². The lowest BCUT2D eigenvalue weighted by Crippen LogP contribution is -2.76. The van der Waals surface area contributed by atoms with E-state index in [1.165, 1.54) is 5.57 Å². The van der Waals surface area contributed by atoms with Crippen LogP contribution in [-0.4, -0.2) is 62.3 Å². The number of hydrogen-bond donors (Lipinski definition) is 5. The minimum Gasteiger partial charge on any atom is -0.396 e. The van der Waals surface area contributed by atoms with Crippen LogP contribution in [0.15, 0.2) is 36.0 Å². The molecule has 45 heavy (non-hydrogen) atoms. The number of aliphatic hydroxyl groups excluding tert-OH is 4. The van der Waals surface area contributed by atoms with Gasteiger partial charge in [-0.25, -0.2) is 0 Å². The molecule has 0 aromatic heterocycles. The van der Waals surface area contributed by atoms with Crippen molar-refractivity contribution in [2.24, 2.45) is 67.5 Å². The highest BCUT2D eigenvalue weighted by Crippen LogP contribution is 2.82. The van der Waals surface area contributed by atoms with E-state index in [0.29, 0.717) is 25.2 Å². The van der Waals surface area contributed by atoms with Crippen LogP contribution in [0.4, 0.5) is 0 Å². The van der Waals surface area contributed by atoms with Gasteiger partial charge in [-0.05, 0) is 115 Å². The van der Waals surface area contributed by atoms with Crippen molar-refractivity contribution in [2.75, 3.05) is 13.2 Å². The number of rotatable bonds is 3. The molecule has 6 nitrogen and oxygen atoms in total. The molecular formula is C39H56O6. The quantitative estimate of drug-likeness (QED) is 0.280. The van der Waals surface area contributed by atoms with Gasteiger partial charge in [0, 0.05) is 16.7 Å². The first kappa shape index (κ1) is 31.0. The molecule has 2 bridgehead atoms. The molecule has 6 heteroatoms. The summed E-state index contributed by atoms with van der Waals surface area (Å²) in [6.07, 6.45) is 16.8. The van der Waals surface area contributed by atoms with Crippen molar-refractivity contribution in [1.82, 2.24) is 0 Å². The van der Waals surface area contributed by atoms with E-state index in [0.717, 1.165) is 44.9 Å². The summed E-state index contributed by atoms with van der Waals surface area (Å²) in [5.74, 6) is -0.131. The second-order valence-electron chi connectivity index (χ2n) is 18.8. The molecule has 0 saturated heterocycles. The maximum absolute atomic E-state index is 15.1. The molecule has 0 heterocycles. The molecule has 5 fully saturated rings. The van der Waals surface area contributed by atoms with E-state index in [2.05, 4.69) is 58.9 Å². The van der Waals surface area contributed by atoms with Gasteiger partial charge in [0.2, 0.25) is 0 Å². The summed E-state index contributed by atoms with van der Waals surface area (Å²) in [6, 6.07) is 0. The van der Waals surface area contributed by atoms with Gasteiger partial charge >= 0.3 is 0 Å². The monoisotopic (exact) mass is 620 g/mol. The Labute approximate surface area is 269 Å². The van der Waals surface area contributed by atoms with Crippen molar-refractivity contribution in [2.45, 2.75) is 117 Å². The lowest BCUT2D eigenvalue weighted by atomic mass is 9.27. The molecule has 9 rings (SSSR count). The van der Waals surface area contributed by atoms with Gasteiger partial charge in [0.1, 0.15) is 0 Å². The molecule has 0 aromatic rings. The average molecular weight is 621 g/mol. The Morgan fingerprint density at radius 2 is 1.76 bits per heavy atom. The SMILES string of the molecule is CC1(C)CC2C3=CC(=O)C4C5(C)C6C=CCC(C(O)CO)(C(O)C6)C5CCC4(C)C3(C)CC3(O)C=CC4CCCC4(C1)C23CO. The number of hydrogen-bond acceptors (Lipinski definition) is 6. The highest BCUT2D eigenvalue weighted by Gasteiger charge is 2.80. The third-order valence-electron chi connectivity index (χ3n) is 17.1. The van der Waals surface area contributed by atoms with Crippen molar-refractivity contribution in [3.05, 3.63) is 36.0 Å². The topological polar surface area (TPSA) is 118 Å². The summed E-state index contributed by atoms with van der Waals surface area (Å²) in [4.78, 5) is 15.1. The zero-order valence-electron chi connectivity index (χ0n) is 28.1. The van der Waals surface area contributed by atoms with Crippen LogP contribution in [0.25, 0.3) is 0 Å². The second-order valence-corrected chi connectivity index (χ2v) is 18.8. The smallest absolute Gasteiger partial charge is 0.159 e. The Morgan fingerprint density at radius 3 is 2.47 bits per heavy atom. The molecule has 14 atom stereocenters. The van der Waals surface area contributed by atoms with Crippen LogP contribution in [0, 0.1) is 67.5 Å². The van der Waals surface area contributed by atoms with Crippen LogP contribution < -0.4 is 0 Å². The van der Waals surface area contributed by atoms with Crippen molar-refractivity contribution in [3.63, 3.8) is 0 Å². The fourth-order valence-corrected chi connectivity index (χ4v) is 15.5. The number of carbonyl (C=O) groups is 1. The van der Waals surface area contributed by atoms with Gasteiger partial charge in [-0.2, -0.15) is 0 Å². The van der Waals surface area contributed by atoms with Crippen LogP contribution in [-0.2, 0) is 4.79 Å². The summed E-state index contributed by atoms with van der Waals surface area (Å²) in [5.41, 5.74) is -3.32. The van der Waals surface area contributed by atoms with Crippen LogP contribution >= 0.6 is 0 Å². The summed E-state index contributed by atoms with van der Waals surface area (Å²) >= 11 is 0. The molecule has 0 aliphatic heterocycles. The fourth-order valence-electron chi connectivity index (χ4n) is 15.5. The Morgan fingerprint density at radius 1 is 1.00 bits per heavy atom. The second kappa shape index (κ2) is 9.02. The van der Waals surface area contributed by atoms with Gasteiger partial charge in [-0.15, -0.1) is 0 Å². The van der Waals surface area contributed by atoms with Gasteiger partial charge in [0.15, 0.2) is 5.78 Å². The first-order valence-corrected chi connectivity index (χ1v) is 18.0. The summed E-state index contributed by atoms with van der Waals surface area (Å²) in [5, 5.41) is 58.1. The van der Waals surface area contributed by atoms with Crippen LogP contribution in [0.2, 0.25) is 0 Å². The molecule has 14 unspecified atom stereocenters. The lowest BCUT2D eigenvalue weighted by Gasteiger charge is -2.77. The van der Waals surface area contributed by atoms with Crippen LogP contribution in [0.5, 0.6) is 0 Å². The molecule has 5 N–H and O–H groups in total. The van der Waals surface area contributed by atoms with E-state index in [1.54, 1.807) is 0 Å². The van der Waals surface area contributed by atoms with E-state index < -0.39 is 51.5 Å².